The largest absolute Gasteiger partial charge is 0.459 e. The van der Waals surface area contributed by atoms with Crippen molar-refractivity contribution in [3.8, 4) is 0 Å². The summed E-state index contributed by atoms with van der Waals surface area (Å²) in [6.07, 6.45) is 5.46. The maximum Gasteiger partial charge on any atom is 0.227 e. The Balaban J connectivity index is 0.000000316. The lowest BCUT2D eigenvalue weighted by molar-refractivity contribution is 0.0940. The van der Waals surface area contributed by atoms with Gasteiger partial charge in [-0.05, 0) is 43.9 Å². The number of hydrogen-bond acceptors (Lipinski definition) is 8. The predicted molar refractivity (Wildman–Crippen MR) is 121 cm³/mol. The van der Waals surface area contributed by atoms with Crippen LogP contribution in [0.5, 0.6) is 0 Å². The molecule has 4 N–H and O–H groups in total. The number of furan rings is 1. The first kappa shape index (κ1) is 22.9. The molecular formula is C22H34FN5O3. The second kappa shape index (κ2) is 10.5. The third-order valence-electron chi connectivity index (χ3n) is 5.18. The molecule has 1 aliphatic rings. The van der Waals surface area contributed by atoms with E-state index in [9.17, 15) is 4.39 Å². The van der Waals surface area contributed by atoms with Crippen molar-refractivity contribution < 1.29 is 21.6 Å². The number of anilines is 2. The van der Waals surface area contributed by atoms with Gasteiger partial charge in [-0.25, -0.2) is 14.4 Å². The Kier molecular flexibility index (Phi) is 7.78. The Bertz CT molecular complexity index is 980. The fourth-order valence-corrected chi connectivity index (χ4v) is 3.42. The van der Waals surface area contributed by atoms with E-state index < -0.39 is 0 Å². The predicted octanol–water partition coefficient (Wildman–Crippen LogP) is 4.68. The Hall–Kier alpha value is -2.75. The summed E-state index contributed by atoms with van der Waals surface area (Å²) in [5, 5.41) is 9.92. The summed E-state index contributed by atoms with van der Waals surface area (Å²) in [4.78, 5) is 10.3. The van der Waals surface area contributed by atoms with Gasteiger partial charge in [-0.2, -0.15) is 5.48 Å². The van der Waals surface area contributed by atoms with Crippen molar-refractivity contribution in [3.63, 3.8) is 0 Å². The minimum Gasteiger partial charge on any atom is -0.459 e. The molecule has 9 heteroatoms. The molecule has 0 radical (unpaired) electrons. The second-order valence-electron chi connectivity index (χ2n) is 7.91. The number of aromatic nitrogens is 2. The summed E-state index contributed by atoms with van der Waals surface area (Å²) >= 11 is 0. The molecule has 8 nitrogen and oxygen atoms in total. The van der Waals surface area contributed by atoms with Crippen LogP contribution in [0.1, 0.15) is 46.9 Å². The van der Waals surface area contributed by atoms with E-state index in [1.807, 2.05) is 25.7 Å². The molecule has 3 aromatic rings. The van der Waals surface area contributed by atoms with Gasteiger partial charge in [-0.3, -0.25) is 0 Å². The van der Waals surface area contributed by atoms with E-state index >= 15 is 0 Å². The molecule has 4 rings (SSSR count). The van der Waals surface area contributed by atoms with Crippen LogP contribution in [0.15, 0.2) is 35.0 Å². The number of fused-ring (bicyclic) bond motifs is 1. The SMILES string of the molecule is Cc1c(C(NO)C(C)C)oc2ccc(F)cc12.Nc1cnc(N2CCCCOC2)nc1.[HH].[HH]. The summed E-state index contributed by atoms with van der Waals surface area (Å²) in [7, 11) is 0. The highest BCUT2D eigenvalue weighted by Crippen LogP contribution is 2.32. The van der Waals surface area contributed by atoms with Crippen molar-refractivity contribution in [2.24, 2.45) is 5.92 Å². The van der Waals surface area contributed by atoms with Gasteiger partial charge in [-0.1, -0.05) is 13.8 Å². The lowest BCUT2D eigenvalue weighted by Gasteiger charge is -2.18. The van der Waals surface area contributed by atoms with Crippen LogP contribution >= 0.6 is 0 Å². The van der Waals surface area contributed by atoms with Crippen molar-refractivity contribution in [3.05, 3.63) is 47.7 Å². The zero-order valence-corrected chi connectivity index (χ0v) is 18.1. The molecule has 1 saturated heterocycles. The van der Waals surface area contributed by atoms with Crippen molar-refractivity contribution in [1.29, 1.82) is 0 Å². The fourth-order valence-electron chi connectivity index (χ4n) is 3.42. The van der Waals surface area contributed by atoms with Crippen LogP contribution in [0.4, 0.5) is 16.0 Å². The molecule has 31 heavy (non-hydrogen) atoms. The molecule has 0 aliphatic carbocycles. The minimum atomic E-state index is -0.287. The van der Waals surface area contributed by atoms with Gasteiger partial charge in [0.2, 0.25) is 5.95 Å². The molecule has 0 amide bonds. The normalized spacial score (nSPS) is 15.5. The Morgan fingerprint density at radius 1 is 1.26 bits per heavy atom. The van der Waals surface area contributed by atoms with E-state index in [-0.39, 0.29) is 20.6 Å². The van der Waals surface area contributed by atoms with E-state index in [4.69, 9.17) is 20.1 Å². The van der Waals surface area contributed by atoms with Gasteiger partial charge in [0.05, 0.1) is 24.1 Å². The molecular weight excluding hydrogens is 401 g/mol. The summed E-state index contributed by atoms with van der Waals surface area (Å²) in [5.41, 5.74) is 9.85. The zero-order chi connectivity index (χ0) is 22.4. The number of nitrogens with two attached hydrogens (primary N) is 1. The average molecular weight is 436 g/mol. The average Bonchev–Trinajstić information content (AvgIpc) is 2.93. The molecule has 1 fully saturated rings. The molecule has 1 atom stereocenters. The highest BCUT2D eigenvalue weighted by molar-refractivity contribution is 5.82. The van der Waals surface area contributed by atoms with Gasteiger partial charge in [-0.15, -0.1) is 0 Å². The van der Waals surface area contributed by atoms with E-state index in [1.54, 1.807) is 18.5 Å². The lowest BCUT2D eigenvalue weighted by Crippen LogP contribution is -2.27. The van der Waals surface area contributed by atoms with Gasteiger partial charge in [0.15, 0.2) is 0 Å². The maximum atomic E-state index is 13.2. The fraction of sp³-hybridized carbons (Fsp3) is 0.455. The summed E-state index contributed by atoms with van der Waals surface area (Å²) < 4.78 is 24.2. The molecule has 0 saturated carbocycles. The molecule has 3 heterocycles. The number of aryl methyl sites for hydroxylation is 1. The highest BCUT2D eigenvalue weighted by Gasteiger charge is 2.22. The molecule has 0 bridgehead atoms. The zero-order valence-electron chi connectivity index (χ0n) is 18.1. The number of hydrogen-bond donors (Lipinski definition) is 3. The topological polar surface area (TPSA) is 110 Å². The standard InChI is InChI=1S/C13H16FNO2.C9H14N4O.2H2/c1-7(2)12(15-16)13-8(3)10-6-9(14)4-5-11(10)17-13;10-8-5-11-9(12-6-8)13-3-1-2-4-14-7-13;;/h4-7,12,15-16H,1-3H3;5-6H,1-4,7,10H2;2*1H. The lowest BCUT2D eigenvalue weighted by atomic mass is 9.99. The van der Waals surface area contributed by atoms with Crippen LogP contribution < -0.4 is 16.1 Å². The minimum absolute atomic E-state index is 0. The molecule has 1 aliphatic heterocycles. The number of rotatable bonds is 4. The summed E-state index contributed by atoms with van der Waals surface area (Å²) in [6.45, 7) is 8.16. The van der Waals surface area contributed by atoms with E-state index in [0.717, 1.165) is 36.9 Å². The van der Waals surface area contributed by atoms with Gasteiger partial charge < -0.3 is 25.0 Å². The third kappa shape index (κ3) is 5.69. The van der Waals surface area contributed by atoms with Gasteiger partial charge >= 0.3 is 0 Å². The number of nitrogens with zero attached hydrogens (tertiary/aromatic N) is 3. The summed E-state index contributed by atoms with van der Waals surface area (Å²) in [5.74, 6) is 1.24. The second-order valence-corrected chi connectivity index (χ2v) is 7.91. The van der Waals surface area contributed by atoms with Crippen molar-refractivity contribution in [2.75, 3.05) is 30.5 Å². The first-order chi connectivity index (χ1) is 14.9. The smallest absolute Gasteiger partial charge is 0.227 e. The monoisotopic (exact) mass is 435 g/mol. The van der Waals surface area contributed by atoms with Crippen LogP contribution in [0.2, 0.25) is 0 Å². The number of hydroxylamine groups is 1. The molecule has 2 aromatic heterocycles. The van der Waals surface area contributed by atoms with Crippen LogP contribution in [0.25, 0.3) is 11.0 Å². The maximum absolute atomic E-state index is 13.2. The molecule has 1 aromatic carbocycles. The summed E-state index contributed by atoms with van der Waals surface area (Å²) in [6, 6.07) is 4.14. The number of benzene rings is 1. The van der Waals surface area contributed by atoms with Gasteiger partial charge in [0.25, 0.3) is 0 Å². The van der Waals surface area contributed by atoms with Gasteiger partial charge in [0, 0.05) is 27.0 Å². The van der Waals surface area contributed by atoms with E-state index in [2.05, 4.69) is 15.4 Å². The van der Waals surface area contributed by atoms with Crippen molar-refractivity contribution in [1.82, 2.24) is 15.4 Å². The van der Waals surface area contributed by atoms with Crippen LogP contribution in [0.3, 0.4) is 0 Å². The Morgan fingerprint density at radius 2 is 2.00 bits per heavy atom. The third-order valence-corrected chi connectivity index (χ3v) is 5.18. The molecule has 1 unspecified atom stereocenters. The van der Waals surface area contributed by atoms with E-state index in [0.29, 0.717) is 29.7 Å². The molecule has 172 valence electrons. The Morgan fingerprint density at radius 3 is 2.68 bits per heavy atom. The number of ether oxygens (including phenoxy) is 1. The molecule has 0 spiro atoms. The first-order valence-electron chi connectivity index (χ1n) is 10.4. The highest BCUT2D eigenvalue weighted by atomic mass is 19.1. The first-order valence-corrected chi connectivity index (χ1v) is 10.4. The van der Waals surface area contributed by atoms with E-state index in [1.165, 1.54) is 12.1 Å². The number of nitrogen functional groups attached to an aromatic ring is 1. The number of nitrogens with one attached hydrogen (secondary N) is 1. The van der Waals surface area contributed by atoms with Crippen molar-refractivity contribution in [2.45, 2.75) is 39.7 Å². The quantitative estimate of drug-likeness (QED) is 0.507. The van der Waals surface area contributed by atoms with Crippen molar-refractivity contribution >= 4 is 22.6 Å². The van der Waals surface area contributed by atoms with Gasteiger partial charge in [0.1, 0.15) is 23.9 Å². The van der Waals surface area contributed by atoms with Crippen LogP contribution in [-0.2, 0) is 4.74 Å². The van der Waals surface area contributed by atoms with Crippen LogP contribution in [-0.4, -0.2) is 35.1 Å². The Labute approximate surface area is 184 Å². The van der Waals surface area contributed by atoms with Crippen LogP contribution in [0, 0.1) is 18.7 Å². The number of halogens is 1.